The quantitative estimate of drug-likeness (QED) is 0.893. The number of hydrogen-bond acceptors (Lipinski definition) is 3. The van der Waals surface area contributed by atoms with E-state index in [1.54, 1.807) is 9.21 Å². The molecule has 7 nitrogen and oxygen atoms in total. The number of benzene rings is 1. The summed E-state index contributed by atoms with van der Waals surface area (Å²) >= 11 is 0. The topological polar surface area (TPSA) is 76.7 Å². The molecular weight excluding hydrogens is 340 g/mol. The summed E-state index contributed by atoms with van der Waals surface area (Å²) in [7, 11) is -3.37. The standard InChI is InChI=1S/C17H22N4O3S/c22-17(15-4-3-14-5-6-18-16(14)13-15)19-9-11-21(12-10-19)25(23,24)20-7-1-2-8-20/h3-6,13,18H,1-2,7-12H2. The second-order valence-corrected chi connectivity index (χ2v) is 8.51. The van der Waals surface area contributed by atoms with Gasteiger partial charge in [-0.15, -0.1) is 0 Å². The van der Waals surface area contributed by atoms with Crippen LogP contribution in [0.3, 0.4) is 0 Å². The van der Waals surface area contributed by atoms with Crippen molar-refractivity contribution < 1.29 is 13.2 Å². The Hall–Kier alpha value is -1.90. The van der Waals surface area contributed by atoms with Crippen LogP contribution >= 0.6 is 0 Å². The molecule has 2 saturated heterocycles. The molecule has 0 unspecified atom stereocenters. The lowest BCUT2D eigenvalue weighted by molar-refractivity contribution is 0.0694. The summed E-state index contributed by atoms with van der Waals surface area (Å²) in [5, 5.41) is 1.07. The Morgan fingerprint density at radius 3 is 2.32 bits per heavy atom. The van der Waals surface area contributed by atoms with Crippen LogP contribution in [0.1, 0.15) is 23.2 Å². The van der Waals surface area contributed by atoms with Crippen LogP contribution in [0.25, 0.3) is 10.9 Å². The smallest absolute Gasteiger partial charge is 0.282 e. The minimum atomic E-state index is -3.37. The van der Waals surface area contributed by atoms with Crippen molar-refractivity contribution in [3.8, 4) is 0 Å². The van der Waals surface area contributed by atoms with E-state index in [9.17, 15) is 13.2 Å². The van der Waals surface area contributed by atoms with Crippen LogP contribution in [0.4, 0.5) is 0 Å². The van der Waals surface area contributed by atoms with Crippen LogP contribution in [0.2, 0.25) is 0 Å². The van der Waals surface area contributed by atoms with E-state index >= 15 is 0 Å². The van der Waals surface area contributed by atoms with E-state index in [2.05, 4.69) is 4.98 Å². The number of nitrogens with zero attached hydrogens (tertiary/aromatic N) is 3. The van der Waals surface area contributed by atoms with Gasteiger partial charge in [0, 0.05) is 56.5 Å². The second kappa shape index (κ2) is 6.44. The summed E-state index contributed by atoms with van der Waals surface area (Å²) < 4.78 is 28.3. The summed E-state index contributed by atoms with van der Waals surface area (Å²) in [5.41, 5.74) is 1.56. The molecule has 1 N–H and O–H groups in total. The predicted molar refractivity (Wildman–Crippen MR) is 95.5 cm³/mol. The molecule has 134 valence electrons. The van der Waals surface area contributed by atoms with Crippen molar-refractivity contribution in [2.75, 3.05) is 39.3 Å². The van der Waals surface area contributed by atoms with Gasteiger partial charge in [0.15, 0.2) is 0 Å². The number of aromatic nitrogens is 1. The van der Waals surface area contributed by atoms with Crippen LogP contribution in [0.15, 0.2) is 30.5 Å². The van der Waals surface area contributed by atoms with Gasteiger partial charge in [-0.05, 0) is 36.4 Å². The number of carbonyl (C=O) groups excluding carboxylic acids is 1. The van der Waals surface area contributed by atoms with E-state index in [1.165, 1.54) is 4.31 Å². The molecule has 0 saturated carbocycles. The van der Waals surface area contributed by atoms with E-state index in [0.717, 1.165) is 23.7 Å². The van der Waals surface area contributed by atoms with Gasteiger partial charge in [0.2, 0.25) is 0 Å². The Kier molecular flexibility index (Phi) is 4.26. The molecule has 0 atom stereocenters. The zero-order valence-electron chi connectivity index (χ0n) is 14.0. The van der Waals surface area contributed by atoms with Crippen molar-refractivity contribution in [1.29, 1.82) is 0 Å². The van der Waals surface area contributed by atoms with Crippen molar-refractivity contribution in [3.63, 3.8) is 0 Å². The van der Waals surface area contributed by atoms with E-state index < -0.39 is 10.2 Å². The minimum Gasteiger partial charge on any atom is -0.361 e. The van der Waals surface area contributed by atoms with Crippen molar-refractivity contribution in [3.05, 3.63) is 36.0 Å². The number of nitrogens with one attached hydrogen (secondary N) is 1. The summed E-state index contributed by atoms with van der Waals surface area (Å²) in [4.78, 5) is 17.6. The molecule has 0 aliphatic carbocycles. The molecule has 2 aliphatic heterocycles. The largest absolute Gasteiger partial charge is 0.361 e. The Morgan fingerprint density at radius 1 is 0.920 bits per heavy atom. The van der Waals surface area contributed by atoms with Gasteiger partial charge in [-0.2, -0.15) is 17.0 Å². The average Bonchev–Trinajstić information content (AvgIpc) is 3.32. The van der Waals surface area contributed by atoms with Crippen LogP contribution in [0, 0.1) is 0 Å². The zero-order chi connectivity index (χ0) is 17.4. The minimum absolute atomic E-state index is 0.0466. The highest BCUT2D eigenvalue weighted by molar-refractivity contribution is 7.86. The summed E-state index contributed by atoms with van der Waals surface area (Å²) in [5.74, 6) is -0.0466. The first-order chi connectivity index (χ1) is 12.1. The highest BCUT2D eigenvalue weighted by Crippen LogP contribution is 2.20. The molecule has 1 aromatic carbocycles. The molecule has 1 aromatic heterocycles. The van der Waals surface area contributed by atoms with Gasteiger partial charge in [-0.1, -0.05) is 6.07 Å². The molecule has 4 rings (SSSR count). The third-order valence-electron chi connectivity index (χ3n) is 5.05. The molecule has 2 aliphatic rings. The third kappa shape index (κ3) is 3.05. The maximum absolute atomic E-state index is 12.7. The normalized spacial score (nSPS) is 20.4. The van der Waals surface area contributed by atoms with Crippen molar-refractivity contribution in [2.45, 2.75) is 12.8 Å². The average molecular weight is 362 g/mol. The molecule has 2 aromatic rings. The van der Waals surface area contributed by atoms with Crippen LogP contribution in [0.5, 0.6) is 0 Å². The fourth-order valence-electron chi connectivity index (χ4n) is 3.57. The lowest BCUT2D eigenvalue weighted by Crippen LogP contribution is -2.53. The first kappa shape index (κ1) is 16.6. The first-order valence-corrected chi connectivity index (χ1v) is 10.1. The number of rotatable bonds is 3. The van der Waals surface area contributed by atoms with E-state index in [-0.39, 0.29) is 5.91 Å². The first-order valence-electron chi connectivity index (χ1n) is 8.67. The van der Waals surface area contributed by atoms with Gasteiger partial charge >= 0.3 is 0 Å². The molecule has 25 heavy (non-hydrogen) atoms. The van der Waals surface area contributed by atoms with Gasteiger partial charge in [-0.3, -0.25) is 4.79 Å². The molecule has 3 heterocycles. The van der Waals surface area contributed by atoms with Gasteiger partial charge in [0.25, 0.3) is 16.1 Å². The van der Waals surface area contributed by atoms with Gasteiger partial charge in [-0.25, -0.2) is 0 Å². The molecule has 0 spiro atoms. The van der Waals surface area contributed by atoms with E-state index in [4.69, 9.17) is 0 Å². The molecule has 1 amide bonds. The second-order valence-electron chi connectivity index (χ2n) is 6.58. The lowest BCUT2D eigenvalue weighted by atomic mass is 10.1. The monoisotopic (exact) mass is 362 g/mol. The van der Waals surface area contributed by atoms with Gasteiger partial charge in [0.05, 0.1) is 0 Å². The van der Waals surface area contributed by atoms with Crippen LogP contribution in [-0.4, -0.2) is 72.1 Å². The fourth-order valence-corrected chi connectivity index (χ4v) is 5.24. The maximum atomic E-state index is 12.7. The Bertz CT molecular complexity index is 878. The highest BCUT2D eigenvalue weighted by atomic mass is 32.2. The van der Waals surface area contributed by atoms with Crippen molar-refractivity contribution in [2.24, 2.45) is 0 Å². The van der Waals surface area contributed by atoms with E-state index in [1.807, 2.05) is 30.5 Å². The predicted octanol–water partition coefficient (Wildman–Crippen LogP) is 1.27. The maximum Gasteiger partial charge on any atom is 0.282 e. The molecular formula is C17H22N4O3S. The van der Waals surface area contributed by atoms with Crippen molar-refractivity contribution >= 4 is 27.0 Å². The number of carbonyl (C=O) groups is 1. The molecule has 2 fully saturated rings. The lowest BCUT2D eigenvalue weighted by Gasteiger charge is -2.35. The number of fused-ring (bicyclic) bond motifs is 1. The number of H-pyrrole nitrogens is 1. The molecule has 0 bridgehead atoms. The Balaban J connectivity index is 1.43. The summed E-state index contributed by atoms with van der Waals surface area (Å²) in [6.07, 6.45) is 3.71. The Morgan fingerprint density at radius 2 is 1.60 bits per heavy atom. The van der Waals surface area contributed by atoms with Crippen LogP contribution in [-0.2, 0) is 10.2 Å². The zero-order valence-corrected chi connectivity index (χ0v) is 14.8. The van der Waals surface area contributed by atoms with Crippen LogP contribution < -0.4 is 0 Å². The number of piperazine rings is 1. The highest BCUT2D eigenvalue weighted by Gasteiger charge is 2.34. The summed E-state index contributed by atoms with van der Waals surface area (Å²) in [6.45, 7) is 2.78. The molecule has 0 radical (unpaired) electrons. The van der Waals surface area contributed by atoms with Gasteiger partial charge < -0.3 is 9.88 Å². The number of aromatic amines is 1. The van der Waals surface area contributed by atoms with E-state index in [0.29, 0.717) is 44.8 Å². The number of hydrogen-bond donors (Lipinski definition) is 1. The number of amides is 1. The van der Waals surface area contributed by atoms with Crippen molar-refractivity contribution in [1.82, 2.24) is 18.5 Å². The third-order valence-corrected chi connectivity index (χ3v) is 7.08. The SMILES string of the molecule is O=C(c1ccc2cc[nH]c2c1)N1CCN(S(=O)(=O)N2CCCC2)CC1. The fraction of sp³-hybridized carbons (Fsp3) is 0.471. The molecule has 8 heteroatoms. The summed E-state index contributed by atoms with van der Waals surface area (Å²) in [6, 6.07) is 7.57. The van der Waals surface area contributed by atoms with Gasteiger partial charge in [0.1, 0.15) is 0 Å². The Labute approximate surface area is 147 Å².